The van der Waals surface area contributed by atoms with Gasteiger partial charge in [0.2, 0.25) is 11.9 Å². The van der Waals surface area contributed by atoms with Crippen LogP contribution in [0.2, 0.25) is 0 Å². The first-order chi connectivity index (χ1) is 7.22. The lowest BCUT2D eigenvalue weighted by atomic mass is 10.3. The standard InChI is InChI=1S/C9H15N5O/c1-3-5-4-6(5)11-8-12-7(10)13-9(14-8)15-2/h5-6H,3-4H2,1-2H3,(H3,10,11,12,13,14). The highest BCUT2D eigenvalue weighted by Gasteiger charge is 2.35. The van der Waals surface area contributed by atoms with Crippen molar-refractivity contribution in [3.05, 3.63) is 0 Å². The molecule has 6 heteroatoms. The Hall–Kier alpha value is -1.59. The third-order valence-electron chi connectivity index (χ3n) is 2.58. The minimum atomic E-state index is 0.179. The molecule has 3 N–H and O–H groups in total. The molecule has 0 amide bonds. The second kappa shape index (κ2) is 3.88. The highest BCUT2D eigenvalue weighted by molar-refractivity contribution is 5.35. The summed E-state index contributed by atoms with van der Waals surface area (Å²) in [5.74, 6) is 1.41. The molecular weight excluding hydrogens is 194 g/mol. The Bertz CT molecular complexity index is 356. The maximum Gasteiger partial charge on any atom is 0.322 e. The summed E-state index contributed by atoms with van der Waals surface area (Å²) >= 11 is 0. The van der Waals surface area contributed by atoms with Crippen molar-refractivity contribution in [3.8, 4) is 6.01 Å². The van der Waals surface area contributed by atoms with Gasteiger partial charge in [-0.1, -0.05) is 13.3 Å². The van der Waals surface area contributed by atoms with Gasteiger partial charge in [0.05, 0.1) is 7.11 Å². The molecule has 1 fully saturated rings. The lowest BCUT2D eigenvalue weighted by Crippen LogP contribution is -2.11. The van der Waals surface area contributed by atoms with Crippen molar-refractivity contribution in [2.45, 2.75) is 25.8 Å². The molecule has 1 aromatic rings. The van der Waals surface area contributed by atoms with Crippen LogP contribution in [0.1, 0.15) is 19.8 Å². The molecule has 0 radical (unpaired) electrons. The number of hydrogen-bond acceptors (Lipinski definition) is 6. The summed E-state index contributed by atoms with van der Waals surface area (Å²) < 4.78 is 4.91. The number of nitrogens with zero attached hydrogens (tertiary/aromatic N) is 3. The van der Waals surface area contributed by atoms with E-state index in [1.807, 2.05) is 0 Å². The van der Waals surface area contributed by atoms with Crippen LogP contribution in [0.5, 0.6) is 6.01 Å². The van der Waals surface area contributed by atoms with E-state index in [0.29, 0.717) is 12.0 Å². The topological polar surface area (TPSA) is 86.0 Å². The SMILES string of the molecule is CCC1CC1Nc1nc(N)nc(OC)n1. The molecule has 2 rings (SSSR count). The number of nitrogens with one attached hydrogen (secondary N) is 1. The number of rotatable bonds is 4. The average molecular weight is 209 g/mol. The number of hydrogen-bond donors (Lipinski definition) is 2. The van der Waals surface area contributed by atoms with E-state index in [4.69, 9.17) is 10.5 Å². The number of ether oxygens (including phenoxy) is 1. The van der Waals surface area contributed by atoms with E-state index in [1.54, 1.807) is 0 Å². The van der Waals surface area contributed by atoms with Gasteiger partial charge >= 0.3 is 6.01 Å². The van der Waals surface area contributed by atoms with Crippen molar-refractivity contribution < 1.29 is 4.74 Å². The first-order valence-electron chi connectivity index (χ1n) is 5.05. The number of anilines is 2. The molecule has 1 aliphatic carbocycles. The van der Waals surface area contributed by atoms with Crippen LogP contribution in [0, 0.1) is 5.92 Å². The number of aromatic nitrogens is 3. The zero-order valence-corrected chi connectivity index (χ0v) is 8.90. The lowest BCUT2D eigenvalue weighted by Gasteiger charge is -2.05. The van der Waals surface area contributed by atoms with E-state index in [0.717, 1.165) is 5.92 Å². The molecule has 0 saturated heterocycles. The van der Waals surface area contributed by atoms with Gasteiger partial charge in [-0.15, -0.1) is 0 Å². The summed E-state index contributed by atoms with van der Waals surface area (Å²) in [6, 6.07) is 0.722. The Morgan fingerprint density at radius 1 is 1.47 bits per heavy atom. The van der Waals surface area contributed by atoms with Gasteiger partial charge in [0.25, 0.3) is 0 Å². The lowest BCUT2D eigenvalue weighted by molar-refractivity contribution is 0.379. The predicted octanol–water partition coefficient (Wildman–Crippen LogP) is 0.673. The van der Waals surface area contributed by atoms with Crippen LogP contribution in [-0.4, -0.2) is 28.1 Å². The van der Waals surface area contributed by atoms with E-state index < -0.39 is 0 Å². The average Bonchev–Trinajstić information content (AvgIpc) is 2.95. The van der Waals surface area contributed by atoms with Crippen LogP contribution in [0.25, 0.3) is 0 Å². The number of nitrogens with two attached hydrogens (primary N) is 1. The van der Waals surface area contributed by atoms with Crippen molar-refractivity contribution >= 4 is 11.9 Å². The Morgan fingerprint density at radius 3 is 2.87 bits per heavy atom. The normalized spacial score (nSPS) is 23.6. The molecule has 1 aromatic heterocycles. The van der Waals surface area contributed by atoms with E-state index in [9.17, 15) is 0 Å². The third-order valence-corrected chi connectivity index (χ3v) is 2.58. The molecule has 82 valence electrons. The summed E-state index contributed by atoms with van der Waals surface area (Å²) in [6.45, 7) is 2.18. The second-order valence-corrected chi connectivity index (χ2v) is 3.66. The number of methoxy groups -OCH3 is 1. The van der Waals surface area contributed by atoms with Crippen molar-refractivity contribution in [2.75, 3.05) is 18.2 Å². The summed E-state index contributed by atoms with van der Waals surface area (Å²) in [6.07, 6.45) is 2.35. The van der Waals surface area contributed by atoms with Crippen LogP contribution in [-0.2, 0) is 0 Å². The Morgan fingerprint density at radius 2 is 2.27 bits per heavy atom. The van der Waals surface area contributed by atoms with E-state index in [-0.39, 0.29) is 12.0 Å². The van der Waals surface area contributed by atoms with Crippen molar-refractivity contribution in [3.63, 3.8) is 0 Å². The minimum Gasteiger partial charge on any atom is -0.467 e. The fraction of sp³-hybridized carbons (Fsp3) is 0.667. The Labute approximate surface area is 88.3 Å². The quantitative estimate of drug-likeness (QED) is 0.758. The minimum absolute atomic E-state index is 0.179. The van der Waals surface area contributed by atoms with E-state index in [1.165, 1.54) is 20.0 Å². The summed E-state index contributed by atoms with van der Waals surface area (Å²) in [5.41, 5.74) is 5.52. The van der Waals surface area contributed by atoms with Crippen molar-refractivity contribution in [1.29, 1.82) is 0 Å². The maximum absolute atomic E-state index is 5.52. The molecule has 1 saturated carbocycles. The maximum atomic E-state index is 5.52. The molecule has 0 bridgehead atoms. The van der Waals surface area contributed by atoms with Crippen LogP contribution < -0.4 is 15.8 Å². The predicted molar refractivity (Wildman–Crippen MR) is 56.6 cm³/mol. The van der Waals surface area contributed by atoms with Crippen LogP contribution in [0.15, 0.2) is 0 Å². The van der Waals surface area contributed by atoms with E-state index in [2.05, 4.69) is 27.2 Å². The summed E-state index contributed by atoms with van der Waals surface area (Å²) in [7, 11) is 1.50. The third kappa shape index (κ3) is 2.26. The van der Waals surface area contributed by atoms with Gasteiger partial charge in [-0.25, -0.2) is 0 Å². The molecule has 6 nitrogen and oxygen atoms in total. The molecule has 15 heavy (non-hydrogen) atoms. The molecule has 0 aliphatic heterocycles. The summed E-state index contributed by atoms with van der Waals surface area (Å²) in [5, 5.41) is 3.21. The van der Waals surface area contributed by atoms with Gasteiger partial charge < -0.3 is 15.8 Å². The molecule has 0 aromatic carbocycles. The Kier molecular flexibility index (Phi) is 2.57. The van der Waals surface area contributed by atoms with Crippen LogP contribution >= 0.6 is 0 Å². The van der Waals surface area contributed by atoms with E-state index >= 15 is 0 Å². The zero-order chi connectivity index (χ0) is 10.8. The van der Waals surface area contributed by atoms with Gasteiger partial charge in [0.15, 0.2) is 0 Å². The largest absolute Gasteiger partial charge is 0.467 e. The highest BCUT2D eigenvalue weighted by atomic mass is 16.5. The fourth-order valence-electron chi connectivity index (χ4n) is 1.57. The second-order valence-electron chi connectivity index (χ2n) is 3.66. The first-order valence-corrected chi connectivity index (χ1v) is 5.05. The van der Waals surface area contributed by atoms with Crippen LogP contribution in [0.3, 0.4) is 0 Å². The molecule has 2 atom stereocenters. The monoisotopic (exact) mass is 209 g/mol. The number of nitrogen functional groups attached to an aromatic ring is 1. The molecular formula is C9H15N5O. The van der Waals surface area contributed by atoms with Crippen LogP contribution in [0.4, 0.5) is 11.9 Å². The smallest absolute Gasteiger partial charge is 0.322 e. The van der Waals surface area contributed by atoms with Crippen molar-refractivity contribution in [1.82, 2.24) is 15.0 Å². The van der Waals surface area contributed by atoms with Gasteiger partial charge in [0.1, 0.15) is 0 Å². The van der Waals surface area contributed by atoms with Gasteiger partial charge in [-0.05, 0) is 12.3 Å². The molecule has 1 aliphatic rings. The van der Waals surface area contributed by atoms with Gasteiger partial charge in [-0.2, -0.15) is 15.0 Å². The highest BCUT2D eigenvalue weighted by Crippen LogP contribution is 2.35. The van der Waals surface area contributed by atoms with Gasteiger partial charge in [-0.3, -0.25) is 0 Å². The fourth-order valence-corrected chi connectivity index (χ4v) is 1.57. The Balaban J connectivity index is 2.05. The molecule has 2 unspecified atom stereocenters. The molecule has 0 spiro atoms. The molecule has 1 heterocycles. The van der Waals surface area contributed by atoms with Crippen molar-refractivity contribution in [2.24, 2.45) is 5.92 Å². The first kappa shape index (κ1) is 9.95. The zero-order valence-electron chi connectivity index (χ0n) is 8.90. The summed E-state index contributed by atoms with van der Waals surface area (Å²) in [4.78, 5) is 11.9. The van der Waals surface area contributed by atoms with Gasteiger partial charge in [0, 0.05) is 6.04 Å².